The van der Waals surface area contributed by atoms with Crippen LogP contribution < -0.4 is 11.1 Å². The van der Waals surface area contributed by atoms with E-state index in [-0.39, 0.29) is 5.91 Å². The molecule has 100 valence electrons. The van der Waals surface area contributed by atoms with Crippen molar-refractivity contribution in [2.75, 3.05) is 0 Å². The standard InChI is InChI=1S/C15H19N3O/c1-18-7-6-12(11-18)10-17-15(19)8-13-4-2-3-5-14(13)9-16/h2-7,11H,8-10,16H2,1H3,(H,17,19). The molecule has 0 atom stereocenters. The van der Waals surface area contributed by atoms with Crippen molar-refractivity contribution >= 4 is 5.91 Å². The van der Waals surface area contributed by atoms with Crippen molar-refractivity contribution in [2.45, 2.75) is 19.5 Å². The Hall–Kier alpha value is -2.07. The lowest BCUT2D eigenvalue weighted by molar-refractivity contribution is -0.120. The van der Waals surface area contributed by atoms with Gasteiger partial charge in [-0.1, -0.05) is 24.3 Å². The van der Waals surface area contributed by atoms with Gasteiger partial charge in [-0.15, -0.1) is 0 Å². The first-order chi connectivity index (χ1) is 9.19. The lowest BCUT2D eigenvalue weighted by atomic mass is 10.0. The molecule has 1 aromatic heterocycles. The van der Waals surface area contributed by atoms with Crippen molar-refractivity contribution in [2.24, 2.45) is 12.8 Å². The topological polar surface area (TPSA) is 60.0 Å². The fraction of sp³-hybridized carbons (Fsp3) is 0.267. The zero-order chi connectivity index (χ0) is 13.7. The highest BCUT2D eigenvalue weighted by molar-refractivity contribution is 5.78. The zero-order valence-electron chi connectivity index (χ0n) is 11.1. The Morgan fingerprint density at radius 1 is 1.26 bits per heavy atom. The third-order valence-electron chi connectivity index (χ3n) is 3.07. The number of benzene rings is 1. The summed E-state index contributed by atoms with van der Waals surface area (Å²) in [6.45, 7) is 1.02. The molecule has 3 N–H and O–H groups in total. The third-order valence-corrected chi connectivity index (χ3v) is 3.07. The van der Waals surface area contributed by atoms with Crippen LogP contribution in [0.2, 0.25) is 0 Å². The summed E-state index contributed by atoms with van der Waals surface area (Å²) in [7, 11) is 1.96. The van der Waals surface area contributed by atoms with Gasteiger partial charge in [0.25, 0.3) is 0 Å². The number of nitrogens with two attached hydrogens (primary N) is 1. The molecule has 0 bridgehead atoms. The molecular formula is C15H19N3O. The summed E-state index contributed by atoms with van der Waals surface area (Å²) in [4.78, 5) is 11.9. The van der Waals surface area contributed by atoms with E-state index in [0.29, 0.717) is 19.5 Å². The molecule has 19 heavy (non-hydrogen) atoms. The van der Waals surface area contributed by atoms with Gasteiger partial charge < -0.3 is 15.6 Å². The number of aryl methyl sites for hydroxylation is 1. The average Bonchev–Trinajstić information content (AvgIpc) is 2.83. The van der Waals surface area contributed by atoms with Crippen LogP contribution in [0.25, 0.3) is 0 Å². The van der Waals surface area contributed by atoms with Gasteiger partial charge in [0.1, 0.15) is 0 Å². The molecule has 0 aliphatic heterocycles. The minimum absolute atomic E-state index is 0.0183. The number of carbonyl (C=O) groups excluding carboxylic acids is 1. The fourth-order valence-electron chi connectivity index (χ4n) is 2.03. The Balaban J connectivity index is 1.90. The van der Waals surface area contributed by atoms with Crippen LogP contribution in [0, 0.1) is 0 Å². The van der Waals surface area contributed by atoms with Crippen molar-refractivity contribution in [1.29, 1.82) is 0 Å². The highest BCUT2D eigenvalue weighted by atomic mass is 16.1. The van der Waals surface area contributed by atoms with Crippen LogP contribution in [0.5, 0.6) is 0 Å². The number of amides is 1. The first-order valence-electron chi connectivity index (χ1n) is 6.33. The summed E-state index contributed by atoms with van der Waals surface area (Å²) in [6.07, 6.45) is 4.33. The second-order valence-electron chi connectivity index (χ2n) is 4.61. The molecule has 2 rings (SSSR count). The molecule has 4 nitrogen and oxygen atoms in total. The first-order valence-corrected chi connectivity index (χ1v) is 6.33. The van der Waals surface area contributed by atoms with Crippen LogP contribution in [0.1, 0.15) is 16.7 Å². The van der Waals surface area contributed by atoms with E-state index in [9.17, 15) is 4.79 Å². The molecule has 1 amide bonds. The first kappa shape index (κ1) is 13.4. The molecule has 1 heterocycles. The van der Waals surface area contributed by atoms with E-state index >= 15 is 0 Å². The largest absolute Gasteiger partial charge is 0.357 e. The van der Waals surface area contributed by atoms with Crippen LogP contribution in [0.15, 0.2) is 42.7 Å². The predicted molar refractivity (Wildman–Crippen MR) is 75.3 cm³/mol. The molecule has 4 heteroatoms. The number of aromatic nitrogens is 1. The molecule has 0 aliphatic rings. The molecule has 2 aromatic rings. The van der Waals surface area contributed by atoms with Gasteiger partial charge in [-0.2, -0.15) is 0 Å². The van der Waals surface area contributed by atoms with Crippen LogP contribution in [-0.4, -0.2) is 10.5 Å². The summed E-state index contributed by atoms with van der Waals surface area (Å²) in [5.74, 6) is 0.0183. The Labute approximate surface area is 113 Å². The van der Waals surface area contributed by atoms with Gasteiger partial charge in [0.05, 0.1) is 6.42 Å². The van der Waals surface area contributed by atoms with Crippen LogP contribution in [-0.2, 0) is 31.4 Å². The van der Waals surface area contributed by atoms with Crippen molar-refractivity contribution in [3.8, 4) is 0 Å². The molecule has 0 saturated carbocycles. The van der Waals surface area contributed by atoms with Gasteiger partial charge >= 0.3 is 0 Å². The van der Waals surface area contributed by atoms with Gasteiger partial charge in [-0.05, 0) is 22.8 Å². The van der Waals surface area contributed by atoms with Crippen LogP contribution in [0.4, 0.5) is 0 Å². The smallest absolute Gasteiger partial charge is 0.224 e. The molecule has 0 aliphatic carbocycles. The Bertz CT molecular complexity index is 560. The number of rotatable bonds is 5. The lowest BCUT2D eigenvalue weighted by Crippen LogP contribution is -2.25. The molecule has 0 spiro atoms. The van der Waals surface area contributed by atoms with E-state index in [4.69, 9.17) is 5.73 Å². The summed E-state index contributed by atoms with van der Waals surface area (Å²) in [5.41, 5.74) is 8.78. The summed E-state index contributed by atoms with van der Waals surface area (Å²) < 4.78 is 1.96. The van der Waals surface area contributed by atoms with E-state index in [1.807, 2.05) is 54.3 Å². The molecule has 0 radical (unpaired) electrons. The number of carbonyl (C=O) groups is 1. The SMILES string of the molecule is Cn1ccc(CNC(=O)Cc2ccccc2CN)c1. The Morgan fingerprint density at radius 2 is 2.00 bits per heavy atom. The van der Waals surface area contributed by atoms with Crippen LogP contribution in [0.3, 0.4) is 0 Å². The van der Waals surface area contributed by atoms with Crippen molar-refractivity contribution < 1.29 is 4.79 Å². The molecule has 1 aromatic carbocycles. The highest BCUT2D eigenvalue weighted by Crippen LogP contribution is 2.08. The van der Waals surface area contributed by atoms with Gasteiger partial charge in [0.2, 0.25) is 5.91 Å². The monoisotopic (exact) mass is 257 g/mol. The average molecular weight is 257 g/mol. The maximum absolute atomic E-state index is 11.9. The molecule has 0 unspecified atom stereocenters. The number of hydrogen-bond donors (Lipinski definition) is 2. The summed E-state index contributed by atoms with van der Waals surface area (Å²) in [6, 6.07) is 9.77. The van der Waals surface area contributed by atoms with E-state index in [1.165, 1.54) is 0 Å². The number of hydrogen-bond acceptors (Lipinski definition) is 2. The van der Waals surface area contributed by atoms with E-state index < -0.39 is 0 Å². The van der Waals surface area contributed by atoms with Crippen LogP contribution >= 0.6 is 0 Å². The van der Waals surface area contributed by atoms with Crippen molar-refractivity contribution in [1.82, 2.24) is 9.88 Å². The van der Waals surface area contributed by atoms with E-state index in [2.05, 4.69) is 5.32 Å². The van der Waals surface area contributed by atoms with Crippen molar-refractivity contribution in [3.63, 3.8) is 0 Å². The highest BCUT2D eigenvalue weighted by Gasteiger charge is 2.06. The molecule has 0 fully saturated rings. The normalized spacial score (nSPS) is 10.4. The quantitative estimate of drug-likeness (QED) is 0.849. The van der Waals surface area contributed by atoms with E-state index in [1.54, 1.807) is 0 Å². The Morgan fingerprint density at radius 3 is 2.63 bits per heavy atom. The second-order valence-corrected chi connectivity index (χ2v) is 4.61. The minimum atomic E-state index is 0.0183. The van der Waals surface area contributed by atoms with Gasteiger partial charge in [-0.25, -0.2) is 0 Å². The number of nitrogens with one attached hydrogen (secondary N) is 1. The second kappa shape index (κ2) is 6.20. The summed E-state index contributed by atoms with van der Waals surface area (Å²) in [5, 5.41) is 2.92. The van der Waals surface area contributed by atoms with Crippen molar-refractivity contribution in [3.05, 3.63) is 59.4 Å². The van der Waals surface area contributed by atoms with Gasteiger partial charge in [0.15, 0.2) is 0 Å². The minimum Gasteiger partial charge on any atom is -0.357 e. The van der Waals surface area contributed by atoms with E-state index in [0.717, 1.165) is 16.7 Å². The Kier molecular flexibility index (Phi) is 4.36. The molecule has 0 saturated heterocycles. The molecular weight excluding hydrogens is 238 g/mol. The lowest BCUT2D eigenvalue weighted by Gasteiger charge is -2.08. The third kappa shape index (κ3) is 3.69. The van der Waals surface area contributed by atoms with Gasteiger partial charge in [0, 0.05) is 32.5 Å². The predicted octanol–water partition coefficient (Wildman–Crippen LogP) is 1.34. The zero-order valence-corrected chi connectivity index (χ0v) is 11.1. The maximum atomic E-state index is 11.9. The summed E-state index contributed by atoms with van der Waals surface area (Å²) >= 11 is 0. The van der Waals surface area contributed by atoms with Gasteiger partial charge in [-0.3, -0.25) is 4.79 Å². The number of nitrogens with zero attached hydrogens (tertiary/aromatic N) is 1. The fourth-order valence-corrected chi connectivity index (χ4v) is 2.03. The maximum Gasteiger partial charge on any atom is 0.224 e.